The molecule has 1 fully saturated rings. The summed E-state index contributed by atoms with van der Waals surface area (Å²) in [6.07, 6.45) is 3.06. The molecule has 0 bridgehead atoms. The van der Waals surface area contributed by atoms with Gasteiger partial charge in [0.25, 0.3) is 0 Å². The number of halogens is 1. The maximum absolute atomic E-state index is 13.4. The Morgan fingerprint density at radius 2 is 1.81 bits per heavy atom. The largest absolute Gasteiger partial charge is 0.328 e. The maximum atomic E-state index is 13.4. The first kappa shape index (κ1) is 15.8. The molecule has 0 aliphatic carbocycles. The van der Waals surface area contributed by atoms with E-state index >= 15 is 0 Å². The van der Waals surface area contributed by atoms with Gasteiger partial charge in [-0.2, -0.15) is 0 Å². The second-order valence-corrected chi connectivity index (χ2v) is 7.58. The fourth-order valence-electron chi connectivity index (χ4n) is 4.59. The molecule has 132 valence electrons. The molecule has 1 aromatic heterocycles. The summed E-state index contributed by atoms with van der Waals surface area (Å²) in [7, 11) is 0. The summed E-state index contributed by atoms with van der Waals surface area (Å²) in [6.45, 7) is 4.02. The average molecular weight is 347 g/mol. The highest BCUT2D eigenvalue weighted by molar-refractivity contribution is 5.59. The Labute approximate surface area is 153 Å². The van der Waals surface area contributed by atoms with Gasteiger partial charge in [-0.15, -0.1) is 0 Å². The van der Waals surface area contributed by atoms with Gasteiger partial charge in [0.05, 0.1) is 11.9 Å². The topological polar surface area (TPSA) is 21.1 Å². The van der Waals surface area contributed by atoms with Crippen LogP contribution < -0.4 is 0 Å². The average Bonchev–Trinajstić information content (AvgIpc) is 3.23. The Morgan fingerprint density at radius 3 is 2.65 bits per heavy atom. The number of hydrogen-bond donors (Lipinski definition) is 0. The van der Waals surface area contributed by atoms with E-state index in [-0.39, 0.29) is 5.82 Å². The standard InChI is InChI=1S/C22H22FN3/c23-20-8-4-5-16(9-20)12-25-13-18-10-22-24-11-21(17-6-2-1-3-7-17)26(22)15-19(18)14-25/h1-9,11,18-19H,10,12-15H2/t18-,19+/m0/s1. The van der Waals surface area contributed by atoms with Crippen LogP contribution in [0.1, 0.15) is 11.4 Å². The zero-order valence-corrected chi connectivity index (χ0v) is 14.7. The number of likely N-dealkylation sites (tertiary alicyclic amines) is 1. The fourth-order valence-corrected chi connectivity index (χ4v) is 4.59. The van der Waals surface area contributed by atoms with Crippen LogP contribution in [0, 0.1) is 17.7 Å². The van der Waals surface area contributed by atoms with Crippen LogP contribution in [0.2, 0.25) is 0 Å². The van der Waals surface area contributed by atoms with Crippen LogP contribution in [0.3, 0.4) is 0 Å². The van der Waals surface area contributed by atoms with Crippen LogP contribution in [0.5, 0.6) is 0 Å². The SMILES string of the molecule is Fc1cccc(CN2C[C@@H]3Cn4c(-c5ccccc5)cnc4C[C@H]3C2)c1. The number of nitrogens with zero attached hydrogens (tertiary/aromatic N) is 3. The molecule has 4 heteroatoms. The number of fused-ring (bicyclic) bond motifs is 2. The number of aromatic nitrogens is 2. The molecule has 5 rings (SSSR count). The Morgan fingerprint density at radius 1 is 0.962 bits per heavy atom. The van der Waals surface area contributed by atoms with Crippen molar-refractivity contribution in [3.8, 4) is 11.3 Å². The van der Waals surface area contributed by atoms with Gasteiger partial charge in [-0.3, -0.25) is 4.90 Å². The van der Waals surface area contributed by atoms with Crippen LogP contribution in [0.25, 0.3) is 11.3 Å². The number of benzene rings is 2. The van der Waals surface area contributed by atoms with E-state index in [1.54, 1.807) is 12.1 Å². The van der Waals surface area contributed by atoms with E-state index in [0.29, 0.717) is 11.8 Å². The Kier molecular flexibility index (Phi) is 3.86. The Balaban J connectivity index is 1.34. The van der Waals surface area contributed by atoms with Crippen molar-refractivity contribution >= 4 is 0 Å². The Bertz CT molecular complexity index is 918. The summed E-state index contributed by atoms with van der Waals surface area (Å²) in [5, 5.41) is 0. The van der Waals surface area contributed by atoms with Gasteiger partial charge in [0.1, 0.15) is 11.6 Å². The van der Waals surface area contributed by atoms with Gasteiger partial charge in [-0.1, -0.05) is 42.5 Å². The first-order chi connectivity index (χ1) is 12.8. The van der Waals surface area contributed by atoms with Crippen molar-refractivity contribution in [1.82, 2.24) is 14.5 Å². The highest BCUT2D eigenvalue weighted by Crippen LogP contribution is 2.35. The van der Waals surface area contributed by atoms with Crippen LogP contribution in [0.4, 0.5) is 4.39 Å². The van der Waals surface area contributed by atoms with Crippen molar-refractivity contribution < 1.29 is 4.39 Å². The summed E-state index contributed by atoms with van der Waals surface area (Å²) in [4.78, 5) is 7.18. The lowest BCUT2D eigenvalue weighted by Gasteiger charge is -2.27. The lowest BCUT2D eigenvalue weighted by atomic mass is 9.89. The zero-order valence-electron chi connectivity index (χ0n) is 14.7. The summed E-state index contributed by atoms with van der Waals surface area (Å²) in [6, 6.07) is 17.5. The van der Waals surface area contributed by atoms with Gasteiger partial charge >= 0.3 is 0 Å². The molecule has 0 unspecified atom stereocenters. The van der Waals surface area contributed by atoms with E-state index in [9.17, 15) is 4.39 Å². The van der Waals surface area contributed by atoms with Crippen molar-refractivity contribution in [2.75, 3.05) is 13.1 Å². The van der Waals surface area contributed by atoms with E-state index in [4.69, 9.17) is 4.98 Å². The second kappa shape index (κ2) is 6.36. The third kappa shape index (κ3) is 2.84. The number of imidazole rings is 1. The molecule has 2 aliphatic heterocycles. The predicted molar refractivity (Wildman–Crippen MR) is 100 cm³/mol. The van der Waals surface area contributed by atoms with Crippen molar-refractivity contribution in [2.45, 2.75) is 19.5 Å². The van der Waals surface area contributed by atoms with Crippen LogP contribution >= 0.6 is 0 Å². The summed E-state index contributed by atoms with van der Waals surface area (Å²) < 4.78 is 15.9. The molecule has 0 saturated carbocycles. The Hall–Kier alpha value is -2.46. The van der Waals surface area contributed by atoms with Gasteiger partial charge in [-0.05, 0) is 35.1 Å². The molecule has 3 heterocycles. The van der Waals surface area contributed by atoms with Crippen molar-refractivity contribution in [3.63, 3.8) is 0 Å². The van der Waals surface area contributed by atoms with Gasteiger partial charge in [0, 0.05) is 32.6 Å². The zero-order chi connectivity index (χ0) is 17.5. The monoisotopic (exact) mass is 347 g/mol. The molecule has 1 saturated heterocycles. The molecule has 26 heavy (non-hydrogen) atoms. The van der Waals surface area contributed by atoms with E-state index in [0.717, 1.165) is 38.2 Å². The molecule has 2 atom stereocenters. The number of hydrogen-bond acceptors (Lipinski definition) is 2. The molecule has 2 aromatic carbocycles. The molecular weight excluding hydrogens is 325 g/mol. The van der Waals surface area contributed by atoms with Gasteiger partial charge in [0.15, 0.2) is 0 Å². The normalized spacial score (nSPS) is 22.2. The molecule has 0 radical (unpaired) electrons. The van der Waals surface area contributed by atoms with Crippen LogP contribution in [-0.2, 0) is 19.5 Å². The van der Waals surface area contributed by atoms with Crippen LogP contribution in [-0.4, -0.2) is 27.5 Å². The van der Waals surface area contributed by atoms with Crippen molar-refractivity contribution in [3.05, 3.63) is 78.0 Å². The van der Waals surface area contributed by atoms with Crippen molar-refractivity contribution in [2.24, 2.45) is 11.8 Å². The summed E-state index contributed by atoms with van der Waals surface area (Å²) >= 11 is 0. The lowest BCUT2D eigenvalue weighted by Crippen LogP contribution is -2.28. The smallest absolute Gasteiger partial charge is 0.123 e. The van der Waals surface area contributed by atoms with E-state index in [1.807, 2.05) is 18.3 Å². The molecule has 2 aliphatic rings. The van der Waals surface area contributed by atoms with Gasteiger partial charge in [-0.25, -0.2) is 9.37 Å². The maximum Gasteiger partial charge on any atom is 0.123 e. The van der Waals surface area contributed by atoms with Crippen molar-refractivity contribution in [1.29, 1.82) is 0 Å². The number of rotatable bonds is 3. The minimum Gasteiger partial charge on any atom is -0.328 e. The van der Waals surface area contributed by atoms with Gasteiger partial charge in [0.2, 0.25) is 0 Å². The first-order valence-electron chi connectivity index (χ1n) is 9.33. The van der Waals surface area contributed by atoms with E-state index in [2.05, 4.69) is 33.7 Å². The molecule has 3 nitrogen and oxygen atoms in total. The van der Waals surface area contributed by atoms with Gasteiger partial charge < -0.3 is 4.57 Å². The predicted octanol–water partition coefficient (Wildman–Crippen LogP) is 3.99. The lowest BCUT2D eigenvalue weighted by molar-refractivity contribution is 0.306. The minimum absolute atomic E-state index is 0.147. The second-order valence-electron chi connectivity index (χ2n) is 7.58. The molecule has 0 amide bonds. The molecular formula is C22H22FN3. The third-order valence-corrected chi connectivity index (χ3v) is 5.82. The first-order valence-corrected chi connectivity index (χ1v) is 9.33. The molecule has 0 spiro atoms. The van der Waals surface area contributed by atoms with Crippen LogP contribution in [0.15, 0.2) is 60.8 Å². The van der Waals surface area contributed by atoms with E-state index < -0.39 is 0 Å². The highest BCUT2D eigenvalue weighted by Gasteiger charge is 2.37. The quantitative estimate of drug-likeness (QED) is 0.714. The highest BCUT2D eigenvalue weighted by atomic mass is 19.1. The van der Waals surface area contributed by atoms with E-state index in [1.165, 1.54) is 23.1 Å². The fraction of sp³-hybridized carbons (Fsp3) is 0.318. The summed E-state index contributed by atoms with van der Waals surface area (Å²) in [5.74, 6) is 2.36. The summed E-state index contributed by atoms with van der Waals surface area (Å²) in [5.41, 5.74) is 3.52. The minimum atomic E-state index is -0.147. The third-order valence-electron chi connectivity index (χ3n) is 5.82. The molecule has 3 aromatic rings. The molecule has 0 N–H and O–H groups in total.